The fraction of sp³-hybridized carbons (Fsp3) is 0.190. The van der Waals surface area contributed by atoms with E-state index in [-0.39, 0.29) is 0 Å². The van der Waals surface area contributed by atoms with Gasteiger partial charge in [-0.25, -0.2) is 19.2 Å². The first kappa shape index (κ1) is 24.0. The minimum atomic E-state index is -1.82. The van der Waals surface area contributed by atoms with Gasteiger partial charge in [-0.3, -0.25) is 4.99 Å². The summed E-state index contributed by atoms with van der Waals surface area (Å²) in [7, 11) is 0. The quantitative estimate of drug-likeness (QED) is 0.543. The van der Waals surface area contributed by atoms with E-state index in [1.54, 1.807) is 0 Å². The highest BCUT2D eigenvalue weighted by Crippen LogP contribution is 2.24. The van der Waals surface area contributed by atoms with Crippen LogP contribution in [0.4, 0.5) is 0 Å². The fourth-order valence-corrected chi connectivity index (χ4v) is 2.54. The lowest BCUT2D eigenvalue weighted by molar-refractivity contribution is -0.159. The van der Waals surface area contributed by atoms with Crippen molar-refractivity contribution in [2.75, 3.05) is 0 Å². The maximum absolute atomic E-state index is 9.10. The van der Waals surface area contributed by atoms with Crippen LogP contribution in [0.15, 0.2) is 59.6 Å². The lowest BCUT2D eigenvalue weighted by Gasteiger charge is -2.22. The molecule has 1 unspecified atom stereocenters. The highest BCUT2D eigenvalue weighted by Gasteiger charge is 2.20. The zero-order valence-electron chi connectivity index (χ0n) is 16.1. The number of fused-ring (bicyclic) bond motifs is 1. The van der Waals surface area contributed by atoms with Crippen molar-refractivity contribution >= 4 is 29.6 Å². The van der Waals surface area contributed by atoms with Gasteiger partial charge in [0, 0.05) is 11.1 Å². The number of hydrogen-bond donors (Lipinski definition) is 4. The van der Waals surface area contributed by atoms with Crippen LogP contribution in [0.3, 0.4) is 0 Å². The Kier molecular flexibility index (Phi) is 9.41. The highest BCUT2D eigenvalue weighted by atomic mass is 16.4. The first-order chi connectivity index (χ1) is 14.2. The number of hydrogen-bond acceptors (Lipinski definition) is 5. The molecule has 1 aliphatic rings. The Morgan fingerprint density at radius 3 is 1.73 bits per heavy atom. The molecule has 0 radical (unpaired) electrons. The van der Waals surface area contributed by atoms with Gasteiger partial charge in [0.1, 0.15) is 0 Å². The van der Waals surface area contributed by atoms with Gasteiger partial charge >= 0.3 is 23.9 Å². The first-order valence-electron chi connectivity index (χ1n) is 8.81. The Hall–Kier alpha value is -4.01. The summed E-state index contributed by atoms with van der Waals surface area (Å²) < 4.78 is 0. The molecule has 0 aliphatic carbocycles. The maximum atomic E-state index is 9.10. The molecule has 158 valence electrons. The van der Waals surface area contributed by atoms with E-state index in [9.17, 15) is 0 Å². The molecule has 9 nitrogen and oxygen atoms in total. The Morgan fingerprint density at radius 2 is 1.27 bits per heavy atom. The van der Waals surface area contributed by atoms with Crippen LogP contribution in [0, 0.1) is 0 Å². The second kappa shape index (κ2) is 11.7. The maximum Gasteiger partial charge on any atom is 0.414 e. The first-order valence-corrected chi connectivity index (χ1v) is 8.81. The van der Waals surface area contributed by atoms with Gasteiger partial charge < -0.3 is 20.4 Å². The molecule has 0 saturated carbocycles. The zero-order chi connectivity index (χ0) is 22.7. The van der Waals surface area contributed by atoms with Gasteiger partial charge in [0.05, 0.1) is 11.8 Å². The van der Waals surface area contributed by atoms with Crippen molar-refractivity contribution in [3.8, 4) is 0 Å². The third-order valence-corrected chi connectivity index (χ3v) is 3.92. The molecule has 3 rings (SSSR count). The summed E-state index contributed by atoms with van der Waals surface area (Å²) in [5.41, 5.74) is 5.11. The number of benzene rings is 2. The van der Waals surface area contributed by atoms with E-state index in [1.165, 1.54) is 16.7 Å². The van der Waals surface area contributed by atoms with Gasteiger partial charge in [-0.1, -0.05) is 61.5 Å². The lowest BCUT2D eigenvalue weighted by Crippen LogP contribution is -2.21. The smallest absolute Gasteiger partial charge is 0.414 e. The molecule has 1 heterocycles. The Morgan fingerprint density at radius 1 is 0.800 bits per heavy atom. The van der Waals surface area contributed by atoms with E-state index in [2.05, 4.69) is 61.5 Å². The summed E-state index contributed by atoms with van der Waals surface area (Å²) in [5, 5.41) is 29.6. The van der Waals surface area contributed by atoms with Crippen LogP contribution >= 0.6 is 0 Å². The molecular formula is C21H21NO8. The Bertz CT molecular complexity index is 889. The van der Waals surface area contributed by atoms with E-state index in [1.807, 2.05) is 0 Å². The molecule has 2 aromatic carbocycles. The average molecular weight is 415 g/mol. The minimum Gasteiger partial charge on any atom is -0.473 e. The third-order valence-electron chi connectivity index (χ3n) is 3.92. The predicted octanol–water partition coefficient (Wildman–Crippen LogP) is 2.17. The summed E-state index contributed by atoms with van der Waals surface area (Å²) in [6.45, 7) is 2.21. The van der Waals surface area contributed by atoms with Crippen molar-refractivity contribution in [1.82, 2.24) is 0 Å². The molecule has 1 atom stereocenters. The number of carboxylic acid groups (broad SMARTS) is 4. The van der Waals surface area contributed by atoms with Gasteiger partial charge in [-0.05, 0) is 18.4 Å². The molecule has 0 saturated heterocycles. The van der Waals surface area contributed by atoms with Gasteiger partial charge in [-0.2, -0.15) is 0 Å². The molecule has 0 bridgehead atoms. The molecule has 30 heavy (non-hydrogen) atoms. The van der Waals surface area contributed by atoms with Crippen LogP contribution < -0.4 is 0 Å². The van der Waals surface area contributed by atoms with Crippen LogP contribution in [0.2, 0.25) is 0 Å². The number of aliphatic carboxylic acids is 4. The van der Waals surface area contributed by atoms with E-state index < -0.39 is 23.9 Å². The summed E-state index contributed by atoms with van der Waals surface area (Å²) in [5.74, 6) is -7.30. The molecule has 2 aromatic rings. The van der Waals surface area contributed by atoms with Crippen LogP contribution in [0.5, 0.6) is 0 Å². The summed E-state index contributed by atoms with van der Waals surface area (Å²) in [6.07, 6.45) is 2.17. The van der Waals surface area contributed by atoms with Crippen LogP contribution in [-0.2, 0) is 25.6 Å². The zero-order valence-corrected chi connectivity index (χ0v) is 16.1. The summed E-state index contributed by atoms with van der Waals surface area (Å²) in [6, 6.07) is 19.6. The van der Waals surface area contributed by atoms with Crippen LogP contribution in [-0.4, -0.2) is 56.1 Å². The lowest BCUT2D eigenvalue weighted by atomic mass is 9.90. The van der Waals surface area contributed by atoms with Gasteiger partial charge in [-0.15, -0.1) is 0 Å². The summed E-state index contributed by atoms with van der Waals surface area (Å²) in [4.78, 5) is 41.3. The third kappa shape index (κ3) is 7.55. The van der Waals surface area contributed by atoms with Crippen molar-refractivity contribution in [1.29, 1.82) is 0 Å². The average Bonchev–Trinajstić information content (AvgIpc) is 2.74. The monoisotopic (exact) mass is 415 g/mol. The van der Waals surface area contributed by atoms with Gasteiger partial charge in [0.25, 0.3) is 0 Å². The predicted molar refractivity (Wildman–Crippen MR) is 107 cm³/mol. The van der Waals surface area contributed by atoms with Crippen molar-refractivity contribution in [2.45, 2.75) is 25.8 Å². The van der Waals surface area contributed by atoms with E-state index in [0.29, 0.717) is 6.04 Å². The standard InChI is InChI=1S/C17H17N.2C2H2O4/c1-2-15-12-14-10-6-7-11-16(14)17(18-15)13-8-4-3-5-9-13;2*3-1(4)2(5)6/h3-11,15H,2,12H2,1H3;2*(H,3,4)(H,5,6). The largest absolute Gasteiger partial charge is 0.473 e. The number of nitrogens with zero attached hydrogens (tertiary/aromatic N) is 1. The van der Waals surface area contributed by atoms with Crippen molar-refractivity contribution < 1.29 is 39.6 Å². The van der Waals surface area contributed by atoms with E-state index in [0.717, 1.165) is 18.6 Å². The Labute approximate surface area is 171 Å². The van der Waals surface area contributed by atoms with E-state index in [4.69, 9.17) is 44.6 Å². The van der Waals surface area contributed by atoms with Gasteiger partial charge in [0.15, 0.2) is 0 Å². The second-order valence-electron chi connectivity index (χ2n) is 5.99. The molecule has 0 amide bonds. The fourth-order valence-electron chi connectivity index (χ4n) is 2.54. The SMILES string of the molecule is CCC1Cc2ccccc2C(c2ccccc2)=N1.O=C(O)C(=O)O.O=C(O)C(=O)O. The Balaban J connectivity index is 0.000000312. The number of carbonyl (C=O) groups is 4. The normalized spacial score (nSPS) is 13.8. The topological polar surface area (TPSA) is 162 Å². The summed E-state index contributed by atoms with van der Waals surface area (Å²) >= 11 is 0. The molecule has 9 heteroatoms. The second-order valence-corrected chi connectivity index (χ2v) is 5.99. The molecule has 1 aliphatic heterocycles. The molecule has 0 spiro atoms. The van der Waals surface area contributed by atoms with E-state index >= 15 is 0 Å². The molecule has 4 N–H and O–H groups in total. The highest BCUT2D eigenvalue weighted by molar-refractivity contribution is 6.27. The van der Waals surface area contributed by atoms with Crippen molar-refractivity contribution in [3.63, 3.8) is 0 Å². The minimum absolute atomic E-state index is 0.426. The van der Waals surface area contributed by atoms with Gasteiger partial charge in [0.2, 0.25) is 0 Å². The number of aliphatic imine (C=N–C) groups is 1. The number of carboxylic acids is 4. The van der Waals surface area contributed by atoms with Crippen LogP contribution in [0.1, 0.15) is 30.0 Å². The molecular weight excluding hydrogens is 394 g/mol. The van der Waals surface area contributed by atoms with Crippen LogP contribution in [0.25, 0.3) is 0 Å². The molecule has 0 fully saturated rings. The molecule has 0 aromatic heterocycles. The number of rotatable bonds is 2. The van der Waals surface area contributed by atoms with Crippen molar-refractivity contribution in [2.24, 2.45) is 4.99 Å². The van der Waals surface area contributed by atoms with Crippen molar-refractivity contribution in [3.05, 3.63) is 71.3 Å².